The molecule has 0 spiro atoms. The number of nitrogens with zero attached hydrogens (tertiary/aromatic N) is 2. The second-order valence-electron chi connectivity index (χ2n) is 7.61. The van der Waals surface area contributed by atoms with Crippen molar-refractivity contribution in [2.24, 2.45) is 0 Å². The Bertz CT molecular complexity index is 669. The molecule has 1 atom stereocenters. The van der Waals surface area contributed by atoms with E-state index >= 15 is 0 Å². The van der Waals surface area contributed by atoms with Crippen molar-refractivity contribution in [3.8, 4) is 0 Å². The maximum absolute atomic E-state index is 3.57. The molecular formula is C22H33Br2N2+. The zero-order valence-electron chi connectivity index (χ0n) is 17.0. The highest BCUT2D eigenvalue weighted by Gasteiger charge is 2.14. The molecular weight excluding hydrogens is 452 g/mol. The minimum Gasteiger partial charge on any atom is -0.325 e. The van der Waals surface area contributed by atoms with Gasteiger partial charge in [0, 0.05) is 20.6 Å². The van der Waals surface area contributed by atoms with E-state index in [4.69, 9.17) is 0 Å². The number of likely N-dealkylation sites (N-methyl/N-ethyl adjacent to an activating group) is 1. The summed E-state index contributed by atoms with van der Waals surface area (Å²) in [5.74, 6) is 0. The zero-order valence-corrected chi connectivity index (χ0v) is 20.1. The van der Waals surface area contributed by atoms with Crippen molar-refractivity contribution in [3.05, 3.63) is 68.6 Å². The molecule has 0 amide bonds. The lowest BCUT2D eigenvalue weighted by molar-refractivity contribution is -0.901. The van der Waals surface area contributed by atoms with Gasteiger partial charge >= 0.3 is 0 Å². The molecule has 0 radical (unpaired) electrons. The van der Waals surface area contributed by atoms with E-state index in [9.17, 15) is 0 Å². The smallest absolute Gasteiger partial charge is 0.105 e. The van der Waals surface area contributed by atoms with Crippen molar-refractivity contribution >= 4 is 31.9 Å². The Kier molecular flexibility index (Phi) is 10.1. The normalized spacial score (nSPS) is 12.5. The fourth-order valence-corrected chi connectivity index (χ4v) is 3.22. The van der Waals surface area contributed by atoms with E-state index in [0.29, 0.717) is 6.04 Å². The average molecular weight is 485 g/mol. The van der Waals surface area contributed by atoms with E-state index in [1.165, 1.54) is 20.1 Å². The van der Waals surface area contributed by atoms with E-state index in [1.54, 1.807) is 0 Å². The van der Waals surface area contributed by atoms with Crippen LogP contribution in [-0.2, 0) is 13.0 Å². The van der Waals surface area contributed by atoms with E-state index in [2.05, 4.69) is 121 Å². The van der Waals surface area contributed by atoms with Crippen molar-refractivity contribution in [2.45, 2.75) is 32.9 Å². The van der Waals surface area contributed by atoms with E-state index in [0.717, 1.165) is 24.0 Å². The van der Waals surface area contributed by atoms with Crippen LogP contribution >= 0.6 is 31.9 Å². The van der Waals surface area contributed by atoms with Gasteiger partial charge in [0.15, 0.2) is 0 Å². The predicted octanol–water partition coefficient (Wildman–Crippen LogP) is 5.99. The van der Waals surface area contributed by atoms with Crippen LogP contribution < -0.4 is 0 Å². The van der Waals surface area contributed by atoms with Gasteiger partial charge in [-0.2, -0.15) is 0 Å². The molecule has 0 saturated heterocycles. The Hall–Kier alpha value is -0.680. The minimum absolute atomic E-state index is 0.582. The monoisotopic (exact) mass is 483 g/mol. The highest BCUT2D eigenvalue weighted by molar-refractivity contribution is 9.10. The number of rotatable bonds is 6. The summed E-state index contributed by atoms with van der Waals surface area (Å²) >= 11 is 7.12. The van der Waals surface area contributed by atoms with E-state index < -0.39 is 0 Å². The maximum atomic E-state index is 3.57. The number of quaternary nitrogens is 1. The second-order valence-corrected chi connectivity index (χ2v) is 9.32. The van der Waals surface area contributed by atoms with Gasteiger partial charge in [0.2, 0.25) is 0 Å². The van der Waals surface area contributed by atoms with Crippen LogP contribution in [0.15, 0.2) is 57.5 Å². The van der Waals surface area contributed by atoms with Crippen molar-refractivity contribution in [1.82, 2.24) is 4.90 Å². The van der Waals surface area contributed by atoms with Crippen LogP contribution in [-0.4, -0.2) is 50.2 Å². The van der Waals surface area contributed by atoms with Crippen LogP contribution in [0.25, 0.3) is 0 Å². The summed E-state index contributed by atoms with van der Waals surface area (Å²) in [5, 5.41) is 0. The molecule has 4 heteroatoms. The second kappa shape index (κ2) is 11.2. The fourth-order valence-electron chi connectivity index (χ4n) is 2.36. The highest BCUT2D eigenvalue weighted by Crippen LogP contribution is 2.19. The van der Waals surface area contributed by atoms with Gasteiger partial charge in [0.05, 0.1) is 20.6 Å². The number of benzene rings is 2. The average Bonchev–Trinajstić information content (AvgIpc) is 2.59. The van der Waals surface area contributed by atoms with Crippen LogP contribution in [0.5, 0.6) is 0 Å². The lowest BCUT2D eigenvalue weighted by atomic mass is 10.1. The third-order valence-electron chi connectivity index (χ3n) is 4.77. The Morgan fingerprint density at radius 3 is 1.77 bits per heavy atom. The fraction of sp³-hybridized carbons (Fsp3) is 0.455. The zero-order chi connectivity index (χ0) is 19.7. The summed E-state index contributed by atoms with van der Waals surface area (Å²) in [5.41, 5.74) is 2.76. The molecule has 0 heterocycles. The molecule has 144 valence electrons. The first-order valence-corrected chi connectivity index (χ1v) is 10.7. The van der Waals surface area contributed by atoms with E-state index in [1.807, 2.05) is 6.07 Å². The molecule has 2 nitrogen and oxygen atoms in total. The Labute approximate surface area is 177 Å². The summed E-state index contributed by atoms with van der Waals surface area (Å²) in [6, 6.07) is 17.4. The Morgan fingerprint density at radius 1 is 0.885 bits per heavy atom. The SMILES string of the molecule is CC(Cc1ccccc1Br)N(C)C.CC[N+](C)(C)Cc1ccccc1Br. The molecule has 2 aromatic rings. The standard InChI is InChI=1S/C11H16BrN.C11H17BrN/c1-9(13(2)3)8-10-6-4-5-7-11(10)12;1-4-13(2,3)9-10-7-5-6-8-11(10)12/h4-7,9H,8H2,1-3H3;5-8H,4,9H2,1-3H3/q;+1. The summed E-state index contributed by atoms with van der Waals surface area (Å²) in [4.78, 5) is 2.24. The van der Waals surface area contributed by atoms with Gasteiger partial charge in [-0.05, 0) is 52.1 Å². The first-order chi connectivity index (χ1) is 12.2. The van der Waals surface area contributed by atoms with Crippen LogP contribution in [0.3, 0.4) is 0 Å². The van der Waals surface area contributed by atoms with Gasteiger partial charge in [-0.25, -0.2) is 0 Å². The van der Waals surface area contributed by atoms with Gasteiger partial charge in [0.25, 0.3) is 0 Å². The van der Waals surface area contributed by atoms with Crippen molar-refractivity contribution in [3.63, 3.8) is 0 Å². The Balaban J connectivity index is 0.000000260. The first-order valence-electron chi connectivity index (χ1n) is 9.11. The molecule has 0 aromatic heterocycles. The third kappa shape index (κ3) is 8.34. The number of hydrogen-bond donors (Lipinski definition) is 0. The molecule has 2 rings (SSSR count). The topological polar surface area (TPSA) is 3.24 Å². The highest BCUT2D eigenvalue weighted by atomic mass is 79.9. The lowest BCUT2D eigenvalue weighted by Gasteiger charge is -2.28. The summed E-state index contributed by atoms with van der Waals surface area (Å²) in [6.07, 6.45) is 1.09. The maximum Gasteiger partial charge on any atom is 0.105 e. The van der Waals surface area contributed by atoms with Crippen LogP contribution in [0.4, 0.5) is 0 Å². The van der Waals surface area contributed by atoms with E-state index in [-0.39, 0.29) is 0 Å². The molecule has 0 aliphatic heterocycles. The first kappa shape index (κ1) is 23.4. The number of hydrogen-bond acceptors (Lipinski definition) is 1. The summed E-state index contributed by atoms with van der Waals surface area (Å²) in [6.45, 7) is 6.69. The molecule has 0 aliphatic rings. The third-order valence-corrected chi connectivity index (χ3v) is 6.31. The molecule has 0 N–H and O–H groups in total. The molecule has 2 aromatic carbocycles. The van der Waals surface area contributed by atoms with Gasteiger partial charge in [-0.15, -0.1) is 0 Å². The summed E-state index contributed by atoms with van der Waals surface area (Å²) < 4.78 is 3.46. The van der Waals surface area contributed by atoms with Crippen LogP contribution in [0, 0.1) is 0 Å². The molecule has 0 aliphatic carbocycles. The number of halogens is 2. The van der Waals surface area contributed by atoms with Crippen molar-refractivity contribution in [1.29, 1.82) is 0 Å². The quantitative estimate of drug-likeness (QED) is 0.455. The van der Waals surface area contributed by atoms with Crippen LogP contribution in [0.1, 0.15) is 25.0 Å². The van der Waals surface area contributed by atoms with Gasteiger partial charge < -0.3 is 9.38 Å². The molecule has 1 unspecified atom stereocenters. The van der Waals surface area contributed by atoms with Gasteiger partial charge in [0.1, 0.15) is 6.54 Å². The largest absolute Gasteiger partial charge is 0.325 e. The van der Waals surface area contributed by atoms with Crippen molar-refractivity contribution < 1.29 is 4.48 Å². The van der Waals surface area contributed by atoms with Gasteiger partial charge in [-0.3, -0.25) is 0 Å². The summed E-state index contributed by atoms with van der Waals surface area (Å²) in [7, 11) is 8.72. The van der Waals surface area contributed by atoms with Gasteiger partial charge in [-0.1, -0.05) is 68.3 Å². The Morgan fingerprint density at radius 2 is 1.35 bits per heavy atom. The lowest BCUT2D eigenvalue weighted by Crippen LogP contribution is -2.38. The van der Waals surface area contributed by atoms with Crippen LogP contribution in [0.2, 0.25) is 0 Å². The molecule has 26 heavy (non-hydrogen) atoms. The minimum atomic E-state index is 0.582. The molecule has 0 fully saturated rings. The molecule has 0 bridgehead atoms. The predicted molar refractivity (Wildman–Crippen MR) is 121 cm³/mol. The van der Waals surface area contributed by atoms with Crippen molar-refractivity contribution in [2.75, 3.05) is 34.7 Å². The molecule has 0 saturated carbocycles.